The minimum Gasteiger partial charge on any atom is -0.264 e. The molecule has 2 nitrogen and oxygen atoms in total. The van der Waals surface area contributed by atoms with Gasteiger partial charge in [0, 0.05) is 28.7 Å². The highest BCUT2D eigenvalue weighted by molar-refractivity contribution is 6.16. The van der Waals surface area contributed by atoms with Crippen LogP contribution in [0.1, 0.15) is 0 Å². The molecule has 0 bridgehead atoms. The molecule has 0 atom stereocenters. The third kappa shape index (κ3) is 3.93. The maximum absolute atomic E-state index is 5.28. The summed E-state index contributed by atoms with van der Waals surface area (Å²) < 4.78 is 0. The lowest BCUT2D eigenvalue weighted by Gasteiger charge is -2.16. The molecule has 2 heteroatoms. The van der Waals surface area contributed by atoms with Gasteiger partial charge in [-0.05, 0) is 57.0 Å². The molecule has 0 amide bonds. The van der Waals surface area contributed by atoms with Gasteiger partial charge in [0.25, 0.3) is 0 Å². The fourth-order valence-electron chi connectivity index (χ4n) is 5.28. The van der Waals surface area contributed by atoms with Crippen LogP contribution in [0.2, 0.25) is 0 Å². The normalized spacial score (nSPS) is 11.2. The summed E-state index contributed by atoms with van der Waals surface area (Å²) in [5.74, 6) is 0. The van der Waals surface area contributed by atoms with Crippen LogP contribution in [0.3, 0.4) is 0 Å². The Kier molecular flexibility index (Phi) is 5.49. The van der Waals surface area contributed by atoms with Crippen molar-refractivity contribution >= 4 is 21.7 Å². The lowest BCUT2D eigenvalue weighted by molar-refractivity contribution is 1.33. The van der Waals surface area contributed by atoms with Crippen molar-refractivity contribution in [1.82, 2.24) is 9.97 Å². The second kappa shape index (κ2) is 9.42. The Balaban J connectivity index is 1.50. The molecule has 0 aliphatic rings. The molecular formula is C36H24N2. The van der Waals surface area contributed by atoms with Crippen molar-refractivity contribution in [3.05, 3.63) is 146 Å². The molecule has 0 fully saturated rings. The van der Waals surface area contributed by atoms with Crippen LogP contribution < -0.4 is 0 Å². The van der Waals surface area contributed by atoms with Crippen molar-refractivity contribution in [3.8, 4) is 44.6 Å². The van der Waals surface area contributed by atoms with Crippen LogP contribution in [0.4, 0.5) is 0 Å². The number of aromatic nitrogens is 2. The Morgan fingerprint density at radius 1 is 0.395 bits per heavy atom. The first-order chi connectivity index (χ1) is 18.8. The van der Waals surface area contributed by atoms with E-state index >= 15 is 0 Å². The summed E-state index contributed by atoms with van der Waals surface area (Å²) in [7, 11) is 0. The van der Waals surface area contributed by atoms with Crippen LogP contribution in [0.15, 0.2) is 146 Å². The minimum atomic E-state index is 0.965. The van der Waals surface area contributed by atoms with Crippen LogP contribution in [-0.4, -0.2) is 9.97 Å². The predicted molar refractivity (Wildman–Crippen MR) is 159 cm³/mol. The summed E-state index contributed by atoms with van der Waals surface area (Å²) in [6.07, 6.45) is 3.70. The average Bonchev–Trinajstić information content (AvgIpc) is 3.01. The van der Waals surface area contributed by atoms with Crippen LogP contribution in [0, 0.1) is 0 Å². The molecular weight excluding hydrogens is 460 g/mol. The monoisotopic (exact) mass is 484 g/mol. The Labute approximate surface area is 221 Å². The van der Waals surface area contributed by atoms with Gasteiger partial charge in [-0.25, -0.2) is 4.98 Å². The fraction of sp³-hybridized carbons (Fsp3) is 0. The Hall–Kier alpha value is -5.08. The SMILES string of the molecule is c1ccc(-c2cc3c(-c4ccccc4)cc(-c4ccc(-c5cccnc5)cc4)nc3c3ccccc23)cc1. The molecule has 5 aromatic carbocycles. The summed E-state index contributed by atoms with van der Waals surface area (Å²) in [6.45, 7) is 0. The number of nitrogens with zero attached hydrogens (tertiary/aromatic N) is 2. The van der Waals surface area contributed by atoms with Crippen LogP contribution in [0.5, 0.6) is 0 Å². The highest BCUT2D eigenvalue weighted by atomic mass is 14.7. The molecule has 2 aromatic heterocycles. The van der Waals surface area contributed by atoms with Gasteiger partial charge in [-0.1, -0.05) is 115 Å². The molecule has 0 radical (unpaired) electrons. The van der Waals surface area contributed by atoms with E-state index in [1.807, 2.05) is 12.3 Å². The lowest BCUT2D eigenvalue weighted by atomic mass is 9.91. The molecule has 7 aromatic rings. The zero-order valence-corrected chi connectivity index (χ0v) is 20.8. The third-order valence-electron chi connectivity index (χ3n) is 7.16. The van der Waals surface area contributed by atoms with E-state index in [2.05, 4.69) is 132 Å². The second-order valence-electron chi connectivity index (χ2n) is 9.47. The highest BCUT2D eigenvalue weighted by Gasteiger charge is 2.15. The number of benzene rings is 5. The van der Waals surface area contributed by atoms with Crippen LogP contribution in [0.25, 0.3) is 66.3 Å². The average molecular weight is 485 g/mol. The topological polar surface area (TPSA) is 25.8 Å². The van der Waals surface area contributed by atoms with Gasteiger partial charge in [-0.3, -0.25) is 4.98 Å². The van der Waals surface area contributed by atoms with Gasteiger partial charge in [0.2, 0.25) is 0 Å². The molecule has 2 heterocycles. The molecule has 178 valence electrons. The van der Waals surface area contributed by atoms with Crippen molar-refractivity contribution in [1.29, 1.82) is 0 Å². The molecule has 0 saturated heterocycles. The van der Waals surface area contributed by atoms with E-state index in [1.165, 1.54) is 27.6 Å². The Morgan fingerprint density at radius 3 is 1.63 bits per heavy atom. The van der Waals surface area contributed by atoms with Gasteiger partial charge >= 0.3 is 0 Å². The molecule has 7 rings (SSSR count). The predicted octanol–water partition coefficient (Wildman–Crippen LogP) is 9.45. The third-order valence-corrected chi connectivity index (χ3v) is 7.16. The maximum Gasteiger partial charge on any atom is 0.0794 e. The van der Waals surface area contributed by atoms with Crippen molar-refractivity contribution < 1.29 is 0 Å². The Bertz CT molecular complexity index is 1880. The van der Waals surface area contributed by atoms with E-state index in [9.17, 15) is 0 Å². The number of fused-ring (bicyclic) bond motifs is 3. The van der Waals surface area contributed by atoms with Gasteiger partial charge in [0.15, 0.2) is 0 Å². The number of hydrogen-bond donors (Lipinski definition) is 0. The first-order valence-electron chi connectivity index (χ1n) is 12.8. The number of hydrogen-bond acceptors (Lipinski definition) is 2. The van der Waals surface area contributed by atoms with Crippen molar-refractivity contribution in [2.75, 3.05) is 0 Å². The highest BCUT2D eigenvalue weighted by Crippen LogP contribution is 2.40. The minimum absolute atomic E-state index is 0.965. The zero-order chi connectivity index (χ0) is 25.3. The van der Waals surface area contributed by atoms with E-state index < -0.39 is 0 Å². The molecule has 0 N–H and O–H groups in total. The quantitative estimate of drug-likeness (QED) is 0.233. The van der Waals surface area contributed by atoms with Gasteiger partial charge < -0.3 is 0 Å². The van der Waals surface area contributed by atoms with Gasteiger partial charge in [0.1, 0.15) is 0 Å². The van der Waals surface area contributed by atoms with E-state index in [0.29, 0.717) is 0 Å². The molecule has 0 saturated carbocycles. The Morgan fingerprint density at radius 2 is 0.974 bits per heavy atom. The smallest absolute Gasteiger partial charge is 0.0794 e. The molecule has 0 aliphatic carbocycles. The van der Waals surface area contributed by atoms with E-state index in [4.69, 9.17) is 4.98 Å². The summed E-state index contributed by atoms with van der Waals surface area (Å²) in [4.78, 5) is 9.55. The summed E-state index contributed by atoms with van der Waals surface area (Å²) >= 11 is 0. The zero-order valence-electron chi connectivity index (χ0n) is 20.8. The fourth-order valence-corrected chi connectivity index (χ4v) is 5.28. The molecule has 38 heavy (non-hydrogen) atoms. The number of rotatable bonds is 4. The summed E-state index contributed by atoms with van der Waals surface area (Å²) in [5, 5.41) is 3.53. The van der Waals surface area contributed by atoms with Crippen molar-refractivity contribution in [3.63, 3.8) is 0 Å². The largest absolute Gasteiger partial charge is 0.264 e. The lowest BCUT2D eigenvalue weighted by Crippen LogP contribution is -1.93. The van der Waals surface area contributed by atoms with E-state index in [1.54, 1.807) is 6.20 Å². The van der Waals surface area contributed by atoms with E-state index in [0.717, 1.165) is 38.7 Å². The molecule has 0 spiro atoms. The van der Waals surface area contributed by atoms with Crippen molar-refractivity contribution in [2.45, 2.75) is 0 Å². The van der Waals surface area contributed by atoms with Gasteiger partial charge in [0.05, 0.1) is 11.2 Å². The van der Waals surface area contributed by atoms with Crippen LogP contribution in [-0.2, 0) is 0 Å². The van der Waals surface area contributed by atoms with Crippen molar-refractivity contribution in [2.24, 2.45) is 0 Å². The van der Waals surface area contributed by atoms with Gasteiger partial charge in [-0.15, -0.1) is 0 Å². The molecule has 0 aliphatic heterocycles. The maximum atomic E-state index is 5.28. The second-order valence-corrected chi connectivity index (χ2v) is 9.47. The van der Waals surface area contributed by atoms with Crippen LogP contribution >= 0.6 is 0 Å². The first kappa shape index (κ1) is 22.1. The standard InChI is InChI=1S/C36H24N2/c1-3-10-26(11-4-1)32-22-34-33(27-12-5-2-6-13-27)23-35(38-36(34)31-16-8-7-15-30(31)32)28-19-17-25(18-20-28)29-14-9-21-37-24-29/h1-24H. The van der Waals surface area contributed by atoms with E-state index in [-0.39, 0.29) is 0 Å². The summed E-state index contributed by atoms with van der Waals surface area (Å²) in [5.41, 5.74) is 10.1. The number of pyridine rings is 2. The summed E-state index contributed by atoms with van der Waals surface area (Å²) in [6, 6.07) is 47.1. The first-order valence-corrected chi connectivity index (χ1v) is 12.8. The molecule has 0 unspecified atom stereocenters. The van der Waals surface area contributed by atoms with Gasteiger partial charge in [-0.2, -0.15) is 0 Å².